The predicted molar refractivity (Wildman–Crippen MR) is 125 cm³/mol. The van der Waals surface area contributed by atoms with Crippen LogP contribution in [0.4, 0.5) is 4.79 Å². The number of likely N-dealkylation sites (N-methyl/N-ethyl adjacent to an activating group) is 1. The number of nitrogens with one attached hydrogen (secondary N) is 1. The summed E-state index contributed by atoms with van der Waals surface area (Å²) in [5.41, 5.74) is 7.68. The van der Waals surface area contributed by atoms with Crippen molar-refractivity contribution in [2.75, 3.05) is 26.2 Å². The Morgan fingerprint density at radius 1 is 1.18 bits per heavy atom. The lowest BCUT2D eigenvalue weighted by Gasteiger charge is -2.25. The predicted octanol–water partition coefficient (Wildman–Crippen LogP) is 4.10. The number of carbonyl (C=O) groups is 1. The molecule has 0 heterocycles. The molecule has 0 saturated carbocycles. The van der Waals surface area contributed by atoms with Crippen LogP contribution in [0.15, 0.2) is 64.6 Å². The fourth-order valence-electron chi connectivity index (χ4n) is 2.82. The SMILES string of the molecule is CCOP(=O)(O)C(=O)N(CC)CC(CNS(=O)(=O)c1ccc(Oc2ccccc2)cc1)N=[N+]=[N-]. The van der Waals surface area contributed by atoms with Crippen LogP contribution in [0.5, 0.6) is 11.5 Å². The van der Waals surface area contributed by atoms with Crippen molar-refractivity contribution in [3.8, 4) is 11.5 Å². The molecular formula is C20H26N5O7PS. The third-order valence-electron chi connectivity index (χ3n) is 4.47. The Hall–Kier alpha value is -2.92. The maximum Gasteiger partial charge on any atom is 0.415 e. The van der Waals surface area contributed by atoms with Crippen LogP contribution in [-0.2, 0) is 19.1 Å². The van der Waals surface area contributed by atoms with E-state index in [1.807, 2.05) is 18.2 Å². The van der Waals surface area contributed by atoms with Crippen molar-refractivity contribution < 1.29 is 31.9 Å². The first kappa shape index (κ1) is 27.3. The number of ether oxygens (including phenoxy) is 1. The van der Waals surface area contributed by atoms with Crippen molar-refractivity contribution in [3.05, 3.63) is 65.0 Å². The van der Waals surface area contributed by atoms with E-state index in [9.17, 15) is 22.7 Å². The van der Waals surface area contributed by atoms with Gasteiger partial charge in [0.25, 0.3) is 0 Å². The number of carbonyl (C=O) groups excluding carboxylic acids is 1. The lowest BCUT2D eigenvalue weighted by Crippen LogP contribution is -2.41. The van der Waals surface area contributed by atoms with Gasteiger partial charge in [0.2, 0.25) is 10.0 Å². The standard InChI is InChI=1S/C20H26N5O7PS/c1-3-25(20(26)33(27,28)31-4-2)15-16(23-24-21)14-22-34(29,30)19-12-10-18(11-13-19)32-17-8-6-5-7-9-17/h5-13,16,22H,3-4,14-15H2,1-2H3,(H,27,28). The summed E-state index contributed by atoms with van der Waals surface area (Å²) >= 11 is 0. The summed E-state index contributed by atoms with van der Waals surface area (Å²) in [5, 5.41) is 3.51. The second-order valence-corrected chi connectivity index (χ2v) is 10.3. The molecule has 0 radical (unpaired) electrons. The molecule has 2 atom stereocenters. The zero-order valence-electron chi connectivity index (χ0n) is 18.6. The second kappa shape index (κ2) is 12.5. The van der Waals surface area contributed by atoms with Crippen molar-refractivity contribution in [1.82, 2.24) is 9.62 Å². The molecule has 34 heavy (non-hydrogen) atoms. The van der Waals surface area contributed by atoms with E-state index >= 15 is 0 Å². The van der Waals surface area contributed by atoms with E-state index in [4.69, 9.17) is 10.3 Å². The molecule has 0 aliphatic heterocycles. The largest absolute Gasteiger partial charge is 0.457 e. The molecule has 2 aromatic rings. The Balaban J connectivity index is 2.06. The third kappa shape index (κ3) is 7.84. The number of hydrogen-bond donors (Lipinski definition) is 2. The first-order valence-corrected chi connectivity index (χ1v) is 13.3. The van der Waals surface area contributed by atoms with Gasteiger partial charge in [-0.2, -0.15) is 0 Å². The van der Waals surface area contributed by atoms with Crippen LogP contribution >= 0.6 is 7.60 Å². The monoisotopic (exact) mass is 511 g/mol. The lowest BCUT2D eigenvalue weighted by atomic mass is 10.3. The van der Waals surface area contributed by atoms with Gasteiger partial charge in [0.1, 0.15) is 11.5 Å². The van der Waals surface area contributed by atoms with Crippen molar-refractivity contribution >= 4 is 23.3 Å². The maximum atomic E-state index is 12.7. The van der Waals surface area contributed by atoms with Crippen molar-refractivity contribution in [3.63, 3.8) is 0 Å². The van der Waals surface area contributed by atoms with E-state index in [-0.39, 0.29) is 31.1 Å². The molecule has 0 fully saturated rings. The average molecular weight is 511 g/mol. The first-order valence-electron chi connectivity index (χ1n) is 10.3. The summed E-state index contributed by atoms with van der Waals surface area (Å²) in [6.45, 7) is 2.26. The Morgan fingerprint density at radius 2 is 1.79 bits per heavy atom. The fraction of sp³-hybridized carbons (Fsp3) is 0.350. The molecule has 184 valence electrons. The molecular weight excluding hydrogens is 485 g/mol. The topological polar surface area (TPSA) is 171 Å². The number of benzene rings is 2. The van der Waals surface area contributed by atoms with E-state index in [0.29, 0.717) is 11.5 Å². The van der Waals surface area contributed by atoms with Gasteiger partial charge in [-0.15, -0.1) is 0 Å². The summed E-state index contributed by atoms with van der Waals surface area (Å²) in [4.78, 5) is 25.7. The minimum Gasteiger partial charge on any atom is -0.457 e. The van der Waals surface area contributed by atoms with Gasteiger partial charge in [0.05, 0.1) is 17.5 Å². The zero-order valence-corrected chi connectivity index (χ0v) is 20.4. The lowest BCUT2D eigenvalue weighted by molar-refractivity contribution is 0.200. The summed E-state index contributed by atoms with van der Waals surface area (Å²) in [6.07, 6.45) is 0. The molecule has 0 spiro atoms. The van der Waals surface area contributed by atoms with Crippen LogP contribution in [0.3, 0.4) is 0 Å². The highest BCUT2D eigenvalue weighted by Crippen LogP contribution is 2.44. The molecule has 0 aliphatic carbocycles. The van der Waals surface area contributed by atoms with Gasteiger partial charge in [0.15, 0.2) is 0 Å². The van der Waals surface area contributed by atoms with E-state index in [2.05, 4.69) is 19.3 Å². The van der Waals surface area contributed by atoms with Crippen LogP contribution in [0.1, 0.15) is 13.8 Å². The number of amides is 1. The molecule has 0 aromatic heterocycles. The van der Waals surface area contributed by atoms with E-state index in [0.717, 1.165) is 4.90 Å². The first-order chi connectivity index (χ1) is 16.1. The number of hydrogen-bond acceptors (Lipinski definition) is 7. The molecule has 1 amide bonds. The number of sulfonamides is 1. The van der Waals surface area contributed by atoms with Gasteiger partial charge in [-0.1, -0.05) is 23.3 Å². The van der Waals surface area contributed by atoms with Gasteiger partial charge in [-0.3, -0.25) is 4.79 Å². The minimum atomic E-state index is -4.56. The Kier molecular flexibility index (Phi) is 10.1. The number of para-hydroxylation sites is 1. The minimum absolute atomic E-state index is 0.0174. The quantitative estimate of drug-likeness (QED) is 0.176. The smallest absolute Gasteiger partial charge is 0.415 e. The van der Waals surface area contributed by atoms with Crippen LogP contribution in [0.25, 0.3) is 10.4 Å². The van der Waals surface area contributed by atoms with Crippen molar-refractivity contribution in [2.45, 2.75) is 24.8 Å². The van der Waals surface area contributed by atoms with E-state index < -0.39 is 29.3 Å². The molecule has 2 N–H and O–H groups in total. The van der Waals surface area contributed by atoms with Crippen molar-refractivity contribution in [1.29, 1.82) is 0 Å². The average Bonchev–Trinajstić information content (AvgIpc) is 2.81. The molecule has 12 nitrogen and oxygen atoms in total. The van der Waals surface area contributed by atoms with Crippen LogP contribution in [0, 0.1) is 0 Å². The number of azide groups is 1. The van der Waals surface area contributed by atoms with Crippen LogP contribution < -0.4 is 9.46 Å². The highest BCUT2D eigenvalue weighted by molar-refractivity contribution is 7.89. The Bertz CT molecular complexity index is 1160. The van der Waals surface area contributed by atoms with Gasteiger partial charge >= 0.3 is 13.2 Å². The number of rotatable bonds is 13. The number of nitrogens with zero attached hydrogens (tertiary/aromatic N) is 4. The Labute approximate surface area is 197 Å². The zero-order chi connectivity index (χ0) is 25.2. The summed E-state index contributed by atoms with van der Waals surface area (Å²) < 4.78 is 50.0. The second-order valence-electron chi connectivity index (χ2n) is 6.86. The summed E-state index contributed by atoms with van der Waals surface area (Å²) in [5.74, 6) is 1.04. The van der Waals surface area contributed by atoms with Crippen molar-refractivity contribution in [2.24, 2.45) is 5.11 Å². The highest BCUT2D eigenvalue weighted by Gasteiger charge is 2.35. The molecule has 0 bridgehead atoms. The maximum absolute atomic E-state index is 12.7. The third-order valence-corrected chi connectivity index (χ3v) is 7.28. The van der Waals surface area contributed by atoms with E-state index in [1.165, 1.54) is 31.2 Å². The highest BCUT2D eigenvalue weighted by atomic mass is 32.2. The van der Waals surface area contributed by atoms with Crippen LogP contribution in [-0.4, -0.2) is 56.1 Å². The Morgan fingerprint density at radius 3 is 2.35 bits per heavy atom. The molecule has 2 aromatic carbocycles. The molecule has 2 rings (SSSR count). The molecule has 2 unspecified atom stereocenters. The molecule has 0 saturated heterocycles. The van der Waals surface area contributed by atoms with E-state index in [1.54, 1.807) is 19.1 Å². The fourth-order valence-corrected chi connectivity index (χ4v) is 4.94. The summed E-state index contributed by atoms with van der Waals surface area (Å²) in [7, 11) is -8.54. The molecule has 0 aliphatic rings. The molecule has 14 heteroatoms. The van der Waals surface area contributed by atoms with Crippen LogP contribution in [0.2, 0.25) is 0 Å². The summed E-state index contributed by atoms with van der Waals surface area (Å²) in [6, 6.07) is 13.6. The van der Waals surface area contributed by atoms with Gasteiger partial charge in [0, 0.05) is 24.5 Å². The van der Waals surface area contributed by atoms with Gasteiger partial charge in [-0.25, -0.2) is 17.7 Å². The van der Waals surface area contributed by atoms with Gasteiger partial charge < -0.3 is 19.1 Å². The normalized spacial score (nSPS) is 13.9. The van der Waals surface area contributed by atoms with Gasteiger partial charge in [-0.05, 0) is 55.8 Å².